The average Bonchev–Trinajstić information content (AvgIpc) is 2.32. The van der Waals surface area contributed by atoms with Crippen LogP contribution in [-0.2, 0) is 14.3 Å². The molecule has 0 saturated heterocycles. The Balaban J connectivity index is 4.75. The summed E-state index contributed by atoms with van der Waals surface area (Å²) in [6, 6.07) is 0. The van der Waals surface area contributed by atoms with Gasteiger partial charge in [-0.3, -0.25) is 0 Å². The first-order chi connectivity index (χ1) is 7.84. The molecule has 0 heterocycles. The minimum absolute atomic E-state index is 0.0343. The fourth-order valence-electron chi connectivity index (χ4n) is 1.06. The number of hydrogen-bond donors (Lipinski definition) is 5. The van der Waals surface area contributed by atoms with Crippen LogP contribution in [0.1, 0.15) is 6.92 Å². The third-order valence-electron chi connectivity index (χ3n) is 2.10. The Hall–Kier alpha value is -1.06. The Morgan fingerprint density at radius 2 is 1.88 bits per heavy atom. The number of carbonyl (C=O) groups excluding carboxylic acids is 1. The highest BCUT2D eigenvalue weighted by Crippen LogP contribution is 2.11. The van der Waals surface area contributed by atoms with Crippen LogP contribution in [0.3, 0.4) is 0 Å². The Kier molecular flexibility index (Phi) is 6.85. The molecule has 0 unspecified atom stereocenters. The van der Waals surface area contributed by atoms with Gasteiger partial charge < -0.3 is 35.1 Å². The summed E-state index contributed by atoms with van der Waals surface area (Å²) in [6.45, 7) is 0.305. The van der Waals surface area contributed by atoms with Crippen molar-refractivity contribution in [2.45, 2.75) is 37.4 Å². The van der Waals surface area contributed by atoms with Crippen molar-refractivity contribution in [2.24, 2.45) is 0 Å². The number of carbonyl (C=O) groups is 2. The van der Waals surface area contributed by atoms with Crippen LogP contribution in [0, 0.1) is 0 Å². The van der Waals surface area contributed by atoms with Gasteiger partial charge in [-0.2, -0.15) is 0 Å². The van der Waals surface area contributed by atoms with Gasteiger partial charge in [0.1, 0.15) is 24.4 Å². The molecule has 0 aromatic heterocycles. The molecule has 0 radical (unpaired) electrons. The van der Waals surface area contributed by atoms with E-state index in [0.717, 1.165) is 6.92 Å². The third-order valence-corrected chi connectivity index (χ3v) is 2.10. The lowest BCUT2D eigenvalue weighted by molar-refractivity contribution is -0.178. The first-order valence-corrected chi connectivity index (χ1v) is 4.83. The van der Waals surface area contributed by atoms with Crippen molar-refractivity contribution in [3.05, 3.63) is 0 Å². The second-order valence-corrected chi connectivity index (χ2v) is 3.45. The van der Waals surface area contributed by atoms with Crippen molar-refractivity contribution in [3.63, 3.8) is 0 Å². The van der Waals surface area contributed by atoms with Gasteiger partial charge in [-0.05, 0) is 6.92 Å². The van der Waals surface area contributed by atoms with Crippen molar-refractivity contribution >= 4 is 12.3 Å². The van der Waals surface area contributed by atoms with Gasteiger partial charge in [-0.1, -0.05) is 0 Å². The van der Waals surface area contributed by atoms with Gasteiger partial charge in [0.15, 0.2) is 12.4 Å². The minimum atomic E-state index is -1.81. The van der Waals surface area contributed by atoms with Crippen LogP contribution in [-0.4, -0.2) is 74.9 Å². The largest absolute Gasteiger partial charge is 0.479 e. The molecule has 5 N–H and O–H groups in total. The van der Waals surface area contributed by atoms with E-state index in [0.29, 0.717) is 0 Å². The number of carboxylic acids is 1. The first-order valence-electron chi connectivity index (χ1n) is 4.83. The molecule has 8 nitrogen and oxygen atoms in total. The van der Waals surface area contributed by atoms with E-state index in [1.165, 1.54) is 0 Å². The molecule has 0 aliphatic carbocycles. The number of ether oxygens (including phenoxy) is 1. The predicted octanol–water partition coefficient (Wildman–Crippen LogP) is -2.88. The quantitative estimate of drug-likeness (QED) is 0.290. The maximum atomic E-state index is 10.5. The highest BCUT2D eigenvalue weighted by Gasteiger charge is 2.35. The number of rotatable bonds is 8. The van der Waals surface area contributed by atoms with E-state index in [-0.39, 0.29) is 6.29 Å². The summed E-state index contributed by atoms with van der Waals surface area (Å²) in [4.78, 5) is 20.9. The van der Waals surface area contributed by atoms with E-state index in [4.69, 9.17) is 20.1 Å². The maximum absolute atomic E-state index is 10.5. The fourth-order valence-corrected chi connectivity index (χ4v) is 1.06. The Bertz CT molecular complexity index is 255. The molecule has 0 aliphatic rings. The molecule has 17 heavy (non-hydrogen) atoms. The van der Waals surface area contributed by atoms with E-state index in [2.05, 4.69) is 0 Å². The summed E-state index contributed by atoms with van der Waals surface area (Å²) < 4.78 is 4.75. The van der Waals surface area contributed by atoms with Crippen LogP contribution in [0.15, 0.2) is 0 Å². The molecular formula is C9H16O8. The van der Waals surface area contributed by atoms with Crippen LogP contribution in [0.25, 0.3) is 0 Å². The number of aldehydes is 1. The molecule has 100 valence electrons. The van der Waals surface area contributed by atoms with Crippen molar-refractivity contribution in [1.82, 2.24) is 0 Å². The zero-order chi connectivity index (χ0) is 13.6. The van der Waals surface area contributed by atoms with Crippen molar-refractivity contribution in [1.29, 1.82) is 0 Å². The number of aliphatic carboxylic acids is 1. The fraction of sp³-hybridized carbons (Fsp3) is 0.778. The predicted molar refractivity (Wildman–Crippen MR) is 53.1 cm³/mol. The lowest BCUT2D eigenvalue weighted by atomic mass is 10.0. The molecule has 0 aliphatic heterocycles. The van der Waals surface area contributed by atoms with Crippen LogP contribution < -0.4 is 0 Å². The van der Waals surface area contributed by atoms with E-state index in [9.17, 15) is 19.8 Å². The lowest BCUT2D eigenvalue weighted by Crippen LogP contribution is -2.50. The molecule has 0 aromatic carbocycles. The number of hydrogen-bond acceptors (Lipinski definition) is 7. The number of aliphatic hydroxyl groups is 4. The summed E-state index contributed by atoms with van der Waals surface area (Å²) in [5.41, 5.74) is 0. The van der Waals surface area contributed by atoms with Gasteiger partial charge in [-0.25, -0.2) is 4.79 Å². The topological polar surface area (TPSA) is 145 Å². The van der Waals surface area contributed by atoms with Gasteiger partial charge >= 0.3 is 5.97 Å². The van der Waals surface area contributed by atoms with E-state index in [1.807, 2.05) is 0 Å². The van der Waals surface area contributed by atoms with Crippen molar-refractivity contribution in [2.75, 3.05) is 6.61 Å². The SMILES string of the molecule is C[C@@H](O[C@@H]([C@H](O)[C@H](O)CO)[C@@H](O)C=O)C(=O)O. The minimum Gasteiger partial charge on any atom is -0.479 e. The molecule has 0 rings (SSSR count). The molecule has 5 atom stereocenters. The molecule has 0 aromatic rings. The summed E-state index contributed by atoms with van der Waals surface area (Å²) >= 11 is 0. The average molecular weight is 252 g/mol. The van der Waals surface area contributed by atoms with Gasteiger partial charge in [0.25, 0.3) is 0 Å². The summed E-state index contributed by atoms with van der Waals surface area (Å²) in [7, 11) is 0. The van der Waals surface area contributed by atoms with Gasteiger partial charge in [0.05, 0.1) is 6.61 Å². The van der Waals surface area contributed by atoms with Crippen LogP contribution in [0.2, 0.25) is 0 Å². The van der Waals surface area contributed by atoms with Gasteiger partial charge in [0, 0.05) is 0 Å². The summed E-state index contributed by atoms with van der Waals surface area (Å²) in [5.74, 6) is -1.36. The Morgan fingerprint density at radius 1 is 1.35 bits per heavy atom. The monoisotopic (exact) mass is 252 g/mol. The molecule has 0 saturated carbocycles. The van der Waals surface area contributed by atoms with Crippen LogP contribution in [0.5, 0.6) is 0 Å². The van der Waals surface area contributed by atoms with Crippen LogP contribution >= 0.6 is 0 Å². The molecule has 0 bridgehead atoms. The van der Waals surface area contributed by atoms with E-state index in [1.54, 1.807) is 0 Å². The van der Waals surface area contributed by atoms with Crippen molar-refractivity contribution in [3.8, 4) is 0 Å². The molecular weight excluding hydrogens is 236 g/mol. The molecule has 8 heteroatoms. The zero-order valence-electron chi connectivity index (χ0n) is 9.13. The third kappa shape index (κ3) is 4.75. The Morgan fingerprint density at radius 3 is 2.24 bits per heavy atom. The lowest BCUT2D eigenvalue weighted by Gasteiger charge is -2.28. The second kappa shape index (κ2) is 7.30. The van der Waals surface area contributed by atoms with Gasteiger partial charge in [-0.15, -0.1) is 0 Å². The number of carboxylic acid groups (broad SMARTS) is 1. The summed E-state index contributed by atoms with van der Waals surface area (Å²) in [5, 5.41) is 45.0. The normalized spacial score (nSPS) is 20.1. The highest BCUT2D eigenvalue weighted by molar-refractivity contribution is 5.71. The smallest absolute Gasteiger partial charge is 0.332 e. The standard InChI is InChI=1S/C9H16O8/c1-4(9(15)16)17-8(6(13)3-11)7(14)5(12)2-10/h3-8,10,12-14H,2H2,1H3,(H,15,16)/t4-,5-,6+,7-,8-/m1/s1. The van der Waals surface area contributed by atoms with Crippen molar-refractivity contribution < 1.29 is 39.9 Å². The van der Waals surface area contributed by atoms with E-state index >= 15 is 0 Å². The van der Waals surface area contributed by atoms with E-state index < -0.39 is 43.1 Å². The van der Waals surface area contributed by atoms with Crippen LogP contribution in [0.4, 0.5) is 0 Å². The maximum Gasteiger partial charge on any atom is 0.332 e. The molecule has 0 fully saturated rings. The second-order valence-electron chi connectivity index (χ2n) is 3.45. The first kappa shape index (κ1) is 15.9. The Labute approximate surface area is 97.1 Å². The van der Waals surface area contributed by atoms with Gasteiger partial charge in [0.2, 0.25) is 0 Å². The number of aliphatic hydroxyl groups excluding tert-OH is 4. The summed E-state index contributed by atoms with van der Waals surface area (Å²) in [6.07, 6.45) is -8.26. The highest BCUT2D eigenvalue weighted by atomic mass is 16.5. The zero-order valence-corrected chi connectivity index (χ0v) is 9.13. The molecule has 0 amide bonds. The molecule has 0 spiro atoms.